The molecule has 176 valence electrons. The SMILES string of the molecule is NCCC[C@H](N)CNC(=O)c1[nH]c2cc(-c3ccc(F)cc3)ccc2[n+]1Cc1ccc(F)cc1. The number of imidazole rings is 1. The fourth-order valence-electron chi connectivity index (χ4n) is 3.91. The van der Waals surface area contributed by atoms with Crippen molar-refractivity contribution in [2.24, 2.45) is 11.5 Å². The van der Waals surface area contributed by atoms with Gasteiger partial charge in [-0.25, -0.2) is 18.3 Å². The topological polar surface area (TPSA) is 101 Å². The molecule has 1 aromatic heterocycles. The third-order valence-corrected chi connectivity index (χ3v) is 5.76. The lowest BCUT2D eigenvalue weighted by atomic mass is 10.1. The summed E-state index contributed by atoms with van der Waals surface area (Å²) >= 11 is 0. The number of fused-ring (bicyclic) bond motifs is 1. The van der Waals surface area contributed by atoms with Gasteiger partial charge >= 0.3 is 11.7 Å². The second-order valence-electron chi connectivity index (χ2n) is 8.33. The average molecular weight is 465 g/mol. The van der Waals surface area contributed by atoms with Gasteiger partial charge in [0.2, 0.25) is 0 Å². The van der Waals surface area contributed by atoms with Gasteiger partial charge in [0.05, 0.1) is 0 Å². The largest absolute Gasteiger partial charge is 0.346 e. The lowest BCUT2D eigenvalue weighted by Crippen LogP contribution is -2.45. The normalized spacial score (nSPS) is 12.1. The summed E-state index contributed by atoms with van der Waals surface area (Å²) in [5.41, 5.74) is 15.8. The van der Waals surface area contributed by atoms with E-state index in [9.17, 15) is 13.6 Å². The second kappa shape index (κ2) is 10.5. The molecule has 0 fully saturated rings. The van der Waals surface area contributed by atoms with Crippen molar-refractivity contribution in [1.29, 1.82) is 0 Å². The fraction of sp³-hybridized carbons (Fsp3) is 0.231. The number of halogens is 2. The van der Waals surface area contributed by atoms with E-state index in [1.54, 1.807) is 24.3 Å². The molecule has 3 aromatic carbocycles. The first-order valence-corrected chi connectivity index (χ1v) is 11.2. The fourth-order valence-corrected chi connectivity index (χ4v) is 3.91. The number of hydrogen-bond acceptors (Lipinski definition) is 3. The number of carbonyl (C=O) groups is 1. The summed E-state index contributed by atoms with van der Waals surface area (Å²) in [5, 5.41) is 2.90. The van der Waals surface area contributed by atoms with E-state index in [4.69, 9.17) is 11.5 Å². The molecule has 0 spiro atoms. The van der Waals surface area contributed by atoms with Gasteiger partial charge in [-0.3, -0.25) is 4.79 Å². The van der Waals surface area contributed by atoms with Crippen LogP contribution in [0.4, 0.5) is 8.78 Å². The molecule has 1 heterocycles. The quantitative estimate of drug-likeness (QED) is 0.286. The van der Waals surface area contributed by atoms with Crippen LogP contribution >= 0.6 is 0 Å². The number of aromatic amines is 1. The number of hydrogen-bond donors (Lipinski definition) is 4. The summed E-state index contributed by atoms with van der Waals surface area (Å²) in [5.74, 6) is -0.544. The molecule has 8 heteroatoms. The van der Waals surface area contributed by atoms with Gasteiger partial charge in [0.25, 0.3) is 0 Å². The molecule has 0 aliphatic heterocycles. The van der Waals surface area contributed by atoms with E-state index in [-0.39, 0.29) is 23.6 Å². The van der Waals surface area contributed by atoms with Crippen LogP contribution in [-0.4, -0.2) is 30.0 Å². The summed E-state index contributed by atoms with van der Waals surface area (Å²) in [7, 11) is 0. The first-order chi connectivity index (χ1) is 16.4. The van der Waals surface area contributed by atoms with Crippen LogP contribution in [0.2, 0.25) is 0 Å². The zero-order valence-corrected chi connectivity index (χ0v) is 18.7. The van der Waals surface area contributed by atoms with Crippen LogP contribution in [0.25, 0.3) is 22.2 Å². The number of benzene rings is 3. The van der Waals surface area contributed by atoms with Crippen molar-refractivity contribution >= 4 is 16.9 Å². The molecule has 0 aliphatic rings. The Balaban J connectivity index is 1.68. The van der Waals surface area contributed by atoms with Crippen LogP contribution in [0.15, 0.2) is 66.7 Å². The minimum absolute atomic E-state index is 0.187. The van der Waals surface area contributed by atoms with E-state index in [2.05, 4.69) is 10.3 Å². The van der Waals surface area contributed by atoms with Gasteiger partial charge < -0.3 is 16.8 Å². The van der Waals surface area contributed by atoms with Crippen molar-refractivity contribution in [3.63, 3.8) is 0 Å². The Labute approximate surface area is 196 Å². The van der Waals surface area contributed by atoms with E-state index in [1.165, 1.54) is 24.3 Å². The molecule has 0 aliphatic carbocycles. The third-order valence-electron chi connectivity index (χ3n) is 5.76. The molecule has 0 radical (unpaired) electrons. The lowest BCUT2D eigenvalue weighted by molar-refractivity contribution is -0.664. The molecule has 0 bridgehead atoms. The van der Waals surface area contributed by atoms with E-state index in [0.717, 1.165) is 40.6 Å². The third kappa shape index (κ3) is 5.47. The van der Waals surface area contributed by atoms with Gasteiger partial charge in [-0.2, -0.15) is 0 Å². The lowest BCUT2D eigenvalue weighted by Gasteiger charge is -2.11. The summed E-state index contributed by atoms with van der Waals surface area (Å²) in [6.45, 7) is 1.25. The van der Waals surface area contributed by atoms with Crippen LogP contribution in [0, 0.1) is 11.6 Å². The molecular weight excluding hydrogens is 436 g/mol. The molecule has 0 saturated heterocycles. The van der Waals surface area contributed by atoms with Crippen LogP contribution in [0.3, 0.4) is 0 Å². The molecule has 1 amide bonds. The van der Waals surface area contributed by atoms with Crippen molar-refractivity contribution in [1.82, 2.24) is 10.3 Å². The Morgan fingerprint density at radius 3 is 2.29 bits per heavy atom. The first-order valence-electron chi connectivity index (χ1n) is 11.2. The zero-order chi connectivity index (χ0) is 24.1. The predicted octanol–water partition coefficient (Wildman–Crippen LogP) is 3.24. The average Bonchev–Trinajstić information content (AvgIpc) is 3.20. The number of nitrogens with one attached hydrogen (secondary N) is 2. The van der Waals surface area contributed by atoms with Crippen molar-refractivity contribution in [2.75, 3.05) is 13.1 Å². The Kier molecular flexibility index (Phi) is 7.30. The van der Waals surface area contributed by atoms with Gasteiger partial charge in [-0.1, -0.05) is 24.3 Å². The summed E-state index contributed by atoms with van der Waals surface area (Å²) in [4.78, 5) is 16.3. The highest BCUT2D eigenvalue weighted by molar-refractivity contribution is 5.92. The Morgan fingerprint density at radius 1 is 0.971 bits per heavy atom. The molecule has 34 heavy (non-hydrogen) atoms. The minimum atomic E-state index is -0.318. The maximum Gasteiger partial charge on any atom is 0.346 e. The Bertz CT molecular complexity index is 1270. The minimum Gasteiger partial charge on any atom is -0.344 e. The molecule has 4 rings (SSSR count). The van der Waals surface area contributed by atoms with Crippen LogP contribution in [0.1, 0.15) is 29.0 Å². The predicted molar refractivity (Wildman–Crippen MR) is 128 cm³/mol. The van der Waals surface area contributed by atoms with Gasteiger partial charge in [0.15, 0.2) is 11.0 Å². The molecular formula is C26H28F2N5O+. The molecule has 6 nitrogen and oxygen atoms in total. The molecule has 4 aromatic rings. The van der Waals surface area contributed by atoms with Gasteiger partial charge in [0.1, 0.15) is 18.2 Å². The second-order valence-corrected chi connectivity index (χ2v) is 8.33. The smallest absolute Gasteiger partial charge is 0.344 e. The van der Waals surface area contributed by atoms with Crippen LogP contribution in [-0.2, 0) is 6.54 Å². The van der Waals surface area contributed by atoms with Crippen molar-refractivity contribution in [2.45, 2.75) is 25.4 Å². The Hall–Kier alpha value is -3.62. The molecule has 0 saturated carbocycles. The van der Waals surface area contributed by atoms with Gasteiger partial charge in [0, 0.05) is 12.6 Å². The molecule has 1 atom stereocenters. The maximum atomic E-state index is 13.4. The van der Waals surface area contributed by atoms with Crippen molar-refractivity contribution in [3.05, 3.63) is 89.8 Å². The molecule has 6 N–H and O–H groups in total. The highest BCUT2D eigenvalue weighted by Crippen LogP contribution is 2.23. The van der Waals surface area contributed by atoms with E-state index in [0.29, 0.717) is 25.5 Å². The maximum absolute atomic E-state index is 13.4. The monoisotopic (exact) mass is 464 g/mol. The number of H-pyrrole nitrogens is 1. The van der Waals surface area contributed by atoms with Crippen LogP contribution < -0.4 is 21.4 Å². The summed E-state index contributed by atoms with van der Waals surface area (Å²) < 4.78 is 28.6. The van der Waals surface area contributed by atoms with Gasteiger partial charge in [-0.05, 0) is 78.5 Å². The highest BCUT2D eigenvalue weighted by atomic mass is 19.1. The molecule has 0 unspecified atom stereocenters. The number of nitrogens with zero attached hydrogens (tertiary/aromatic N) is 1. The van der Waals surface area contributed by atoms with E-state index < -0.39 is 0 Å². The number of aromatic nitrogens is 2. The number of nitrogens with two attached hydrogens (primary N) is 2. The summed E-state index contributed by atoms with van der Waals surface area (Å²) in [6, 6.07) is 18.0. The highest BCUT2D eigenvalue weighted by Gasteiger charge is 2.26. The number of rotatable bonds is 9. The standard InChI is InChI=1S/C26H27F2N5O/c27-20-8-3-17(4-9-20)16-33-24-12-7-19(18-5-10-21(28)11-6-18)14-23(24)32-25(33)26(34)31-15-22(30)2-1-13-29/h3-12,14,22H,1-2,13,15-16,29-30H2,(H,31,34)/p+1/t22-/m0/s1. The van der Waals surface area contributed by atoms with E-state index >= 15 is 0 Å². The number of carbonyl (C=O) groups excluding carboxylic acids is 1. The zero-order valence-electron chi connectivity index (χ0n) is 18.7. The summed E-state index contributed by atoms with van der Waals surface area (Å²) in [6.07, 6.45) is 1.51. The number of amides is 1. The van der Waals surface area contributed by atoms with Crippen molar-refractivity contribution < 1.29 is 18.1 Å². The van der Waals surface area contributed by atoms with E-state index in [1.807, 2.05) is 22.8 Å². The van der Waals surface area contributed by atoms with Gasteiger partial charge in [-0.15, -0.1) is 0 Å². The first kappa shape index (κ1) is 23.5. The van der Waals surface area contributed by atoms with Crippen molar-refractivity contribution in [3.8, 4) is 11.1 Å². The Morgan fingerprint density at radius 2 is 1.62 bits per heavy atom. The van der Waals surface area contributed by atoms with Crippen LogP contribution in [0.5, 0.6) is 0 Å².